The van der Waals surface area contributed by atoms with Gasteiger partial charge < -0.3 is 10.4 Å². The molecule has 2 heterocycles. The number of aliphatic hydroxyl groups excluding tert-OH is 1. The van der Waals surface area contributed by atoms with Gasteiger partial charge in [0.2, 0.25) is 26.0 Å². The number of carbonyl (C=O) groups excluding carboxylic acids is 1. The highest BCUT2D eigenvalue weighted by Gasteiger charge is 2.44. The zero-order valence-corrected chi connectivity index (χ0v) is 27.1. The fraction of sp³-hybridized carbons (Fsp3) is 0.333. The summed E-state index contributed by atoms with van der Waals surface area (Å²) in [5.41, 5.74) is 1.78. The van der Waals surface area contributed by atoms with Crippen molar-refractivity contribution < 1.29 is 26.7 Å². The third-order valence-corrected chi connectivity index (χ3v) is 11.9. The van der Waals surface area contributed by atoms with Crippen LogP contribution in [0.1, 0.15) is 44.4 Å². The lowest BCUT2D eigenvalue weighted by atomic mass is 9.87. The average molecular weight is 651 g/mol. The Morgan fingerprint density at radius 3 is 2.27 bits per heavy atom. The fourth-order valence-electron chi connectivity index (χ4n) is 5.55. The lowest BCUT2D eigenvalue weighted by Gasteiger charge is -2.39. The number of carbonyl (C=O) groups is 1. The van der Waals surface area contributed by atoms with Crippen LogP contribution in [0, 0.1) is 0 Å². The van der Waals surface area contributed by atoms with Gasteiger partial charge in [0.05, 0.1) is 16.5 Å². The van der Waals surface area contributed by atoms with Gasteiger partial charge >= 0.3 is 0 Å². The molecule has 0 bridgehead atoms. The zero-order chi connectivity index (χ0) is 32.4. The zero-order valence-electron chi connectivity index (χ0n) is 25.5. The van der Waals surface area contributed by atoms with Gasteiger partial charge in [-0.15, -0.1) is 0 Å². The minimum absolute atomic E-state index is 0.0617. The number of para-hydroxylation sites is 1. The van der Waals surface area contributed by atoms with Gasteiger partial charge in [-0.1, -0.05) is 81.4 Å². The van der Waals surface area contributed by atoms with Crippen molar-refractivity contribution in [2.75, 3.05) is 26.2 Å². The summed E-state index contributed by atoms with van der Waals surface area (Å²) in [5.74, 6) is -0.669. The molecule has 1 aliphatic heterocycles. The molecule has 0 unspecified atom stereocenters. The lowest BCUT2D eigenvalue weighted by Crippen LogP contribution is -2.61. The Hall–Kier alpha value is -3.68. The van der Waals surface area contributed by atoms with Crippen LogP contribution in [0.15, 0.2) is 101 Å². The molecular formula is C33H38N4O6S2. The summed E-state index contributed by atoms with van der Waals surface area (Å²) in [4.78, 5) is 18.3. The Morgan fingerprint density at radius 1 is 0.911 bits per heavy atom. The largest absolute Gasteiger partial charge is 0.396 e. The number of hydrogen-bond donors (Lipinski definition) is 2. The molecule has 10 nitrogen and oxygen atoms in total. The molecule has 1 aromatic heterocycles. The Balaban J connectivity index is 1.52. The number of amides is 1. The second kappa shape index (κ2) is 13.0. The first-order valence-electron chi connectivity index (χ1n) is 14.8. The minimum Gasteiger partial charge on any atom is -0.396 e. The van der Waals surface area contributed by atoms with E-state index in [9.17, 15) is 26.7 Å². The summed E-state index contributed by atoms with van der Waals surface area (Å²) < 4.78 is 58.4. The Bertz CT molecular complexity index is 1870. The highest BCUT2D eigenvalue weighted by molar-refractivity contribution is 7.89. The molecule has 0 radical (unpaired) electrons. The number of rotatable bonds is 9. The van der Waals surface area contributed by atoms with Crippen molar-refractivity contribution in [3.63, 3.8) is 0 Å². The van der Waals surface area contributed by atoms with Crippen LogP contribution in [0.4, 0.5) is 0 Å². The van der Waals surface area contributed by atoms with Crippen LogP contribution < -0.4 is 5.32 Å². The van der Waals surface area contributed by atoms with Crippen molar-refractivity contribution in [2.45, 2.75) is 54.5 Å². The van der Waals surface area contributed by atoms with Crippen LogP contribution in [-0.4, -0.2) is 73.7 Å². The van der Waals surface area contributed by atoms with E-state index in [4.69, 9.17) is 0 Å². The number of pyridine rings is 1. The first-order chi connectivity index (χ1) is 21.3. The number of hydrogen-bond acceptors (Lipinski definition) is 7. The van der Waals surface area contributed by atoms with Crippen LogP contribution in [0.5, 0.6) is 0 Å². The molecule has 2 N–H and O–H groups in total. The highest BCUT2D eigenvalue weighted by atomic mass is 32.2. The van der Waals surface area contributed by atoms with Gasteiger partial charge in [-0.05, 0) is 47.2 Å². The van der Waals surface area contributed by atoms with Gasteiger partial charge in [-0.25, -0.2) is 16.8 Å². The van der Waals surface area contributed by atoms with Crippen LogP contribution in [0.2, 0.25) is 0 Å². The second-order valence-electron chi connectivity index (χ2n) is 12.1. The second-order valence-corrected chi connectivity index (χ2v) is 15.9. The lowest BCUT2D eigenvalue weighted by molar-refractivity contribution is -0.126. The summed E-state index contributed by atoms with van der Waals surface area (Å²) in [7, 11) is -8.38. The standard InChI is InChI=1S/C33H38N4O6S2/c1-33(2,3)26-14-16-27(17-15-26)44(40,41)36-20-21-37(45(42,43)30-13-7-11-25-12-8-19-34-31(25)30)29(23-36)32(39)35-28(18-22-38)24-9-5-4-6-10-24/h4-17,19,28-29,38H,18,20-23H2,1-3H3,(H,35,39)/t28-,29-/m1/s1. The van der Waals surface area contributed by atoms with Gasteiger partial charge in [0.1, 0.15) is 10.9 Å². The van der Waals surface area contributed by atoms with Gasteiger partial charge in [-0.2, -0.15) is 8.61 Å². The van der Waals surface area contributed by atoms with Crippen LogP contribution in [-0.2, 0) is 30.3 Å². The molecule has 0 aliphatic carbocycles. The minimum atomic E-state index is -4.31. The van der Waals surface area contributed by atoms with Crippen molar-refractivity contribution >= 4 is 36.9 Å². The fourth-order valence-corrected chi connectivity index (χ4v) is 8.73. The molecule has 45 heavy (non-hydrogen) atoms. The Labute approximate surface area is 264 Å². The maximum atomic E-state index is 14.3. The van der Waals surface area contributed by atoms with E-state index in [0.29, 0.717) is 5.39 Å². The van der Waals surface area contributed by atoms with E-state index in [2.05, 4.69) is 10.3 Å². The van der Waals surface area contributed by atoms with E-state index >= 15 is 0 Å². The number of fused-ring (bicyclic) bond motifs is 1. The molecular weight excluding hydrogens is 613 g/mol. The molecule has 2 atom stereocenters. The third-order valence-electron chi connectivity index (χ3n) is 8.07. The SMILES string of the molecule is CC(C)(C)c1ccc(S(=O)(=O)N2CCN(S(=O)(=O)c3cccc4cccnc34)[C@@H](C(=O)N[C@H](CCO)c3ccccc3)C2)cc1. The summed E-state index contributed by atoms with van der Waals surface area (Å²) in [6.45, 7) is 5.08. The van der Waals surface area contributed by atoms with E-state index in [1.165, 1.54) is 16.6 Å². The van der Waals surface area contributed by atoms with E-state index in [1.807, 2.05) is 26.8 Å². The topological polar surface area (TPSA) is 137 Å². The predicted molar refractivity (Wildman–Crippen MR) is 172 cm³/mol. The molecule has 1 amide bonds. The summed E-state index contributed by atoms with van der Waals surface area (Å²) in [5, 5.41) is 13.2. The van der Waals surface area contributed by atoms with Crippen molar-refractivity contribution in [1.82, 2.24) is 18.9 Å². The molecule has 1 aliphatic rings. The monoisotopic (exact) mass is 650 g/mol. The molecule has 1 fully saturated rings. The third kappa shape index (κ3) is 6.80. The summed E-state index contributed by atoms with van der Waals surface area (Å²) in [6.07, 6.45) is 1.69. The van der Waals surface area contributed by atoms with E-state index in [-0.39, 0.29) is 46.8 Å². The predicted octanol–water partition coefficient (Wildman–Crippen LogP) is 3.84. The molecule has 5 rings (SSSR count). The first kappa shape index (κ1) is 32.7. The van der Waals surface area contributed by atoms with Gasteiger partial charge in [0, 0.05) is 37.8 Å². The first-order valence-corrected chi connectivity index (χ1v) is 17.6. The Kier molecular flexibility index (Phi) is 9.43. The van der Waals surface area contributed by atoms with Gasteiger partial charge in [0.15, 0.2) is 0 Å². The Morgan fingerprint density at radius 2 is 1.60 bits per heavy atom. The molecule has 3 aromatic carbocycles. The molecule has 0 spiro atoms. The smallest absolute Gasteiger partial charge is 0.246 e. The molecule has 0 saturated carbocycles. The summed E-state index contributed by atoms with van der Waals surface area (Å²) in [6, 6.07) is 21.9. The number of nitrogens with one attached hydrogen (secondary N) is 1. The van der Waals surface area contributed by atoms with Crippen molar-refractivity contribution in [1.29, 1.82) is 0 Å². The molecule has 12 heteroatoms. The number of nitrogens with zero attached hydrogens (tertiary/aromatic N) is 3. The number of piperazine rings is 1. The van der Waals surface area contributed by atoms with E-state index in [1.54, 1.807) is 72.8 Å². The number of sulfonamides is 2. The number of benzene rings is 3. The quantitative estimate of drug-likeness (QED) is 0.281. The number of aromatic nitrogens is 1. The van der Waals surface area contributed by atoms with Crippen LogP contribution in [0.25, 0.3) is 10.9 Å². The average Bonchev–Trinajstić information content (AvgIpc) is 3.04. The molecule has 4 aromatic rings. The van der Waals surface area contributed by atoms with Crippen LogP contribution in [0.3, 0.4) is 0 Å². The van der Waals surface area contributed by atoms with Crippen LogP contribution >= 0.6 is 0 Å². The van der Waals surface area contributed by atoms with E-state index in [0.717, 1.165) is 15.4 Å². The van der Waals surface area contributed by atoms with E-state index < -0.39 is 44.6 Å². The van der Waals surface area contributed by atoms with Crippen molar-refractivity contribution in [2.24, 2.45) is 0 Å². The normalized spacial score (nSPS) is 17.6. The van der Waals surface area contributed by atoms with Crippen molar-refractivity contribution in [3.8, 4) is 0 Å². The van der Waals surface area contributed by atoms with Crippen molar-refractivity contribution in [3.05, 3.63) is 102 Å². The summed E-state index contributed by atoms with van der Waals surface area (Å²) >= 11 is 0. The maximum absolute atomic E-state index is 14.3. The van der Waals surface area contributed by atoms with Gasteiger partial charge in [-0.3, -0.25) is 9.78 Å². The highest BCUT2D eigenvalue weighted by Crippen LogP contribution is 2.30. The maximum Gasteiger partial charge on any atom is 0.246 e. The van der Waals surface area contributed by atoms with Gasteiger partial charge in [0.25, 0.3) is 0 Å². The molecule has 238 valence electrons. The molecule has 1 saturated heterocycles. The number of aliphatic hydroxyl groups is 1.